The number of aliphatic hydroxyl groups is 1. The molecule has 64 valence electrons. The molecule has 0 spiro atoms. The lowest BCUT2D eigenvalue weighted by Crippen LogP contribution is -2.41. The molecule has 4 nitrogen and oxygen atoms in total. The minimum absolute atomic E-state index is 0.0184. The van der Waals surface area contributed by atoms with E-state index >= 15 is 0 Å². The van der Waals surface area contributed by atoms with Crippen LogP contribution in [0, 0.1) is 0 Å². The first kappa shape index (κ1) is 7.49. The minimum atomic E-state index is -0.180. The average molecular weight is 160 g/mol. The first-order valence-electron chi connectivity index (χ1n) is 3.87. The van der Waals surface area contributed by atoms with E-state index in [1.807, 2.05) is 0 Å². The third-order valence-electron chi connectivity index (χ3n) is 2.11. The molecule has 2 saturated heterocycles. The molecule has 1 N–H and O–H groups in total. The van der Waals surface area contributed by atoms with Gasteiger partial charge < -0.3 is 19.3 Å². The van der Waals surface area contributed by atoms with Gasteiger partial charge in [0.1, 0.15) is 18.3 Å². The van der Waals surface area contributed by atoms with Crippen molar-refractivity contribution in [3.05, 3.63) is 0 Å². The van der Waals surface area contributed by atoms with Crippen LogP contribution >= 0.6 is 0 Å². The van der Waals surface area contributed by atoms with Crippen LogP contribution in [0.3, 0.4) is 0 Å². The molecular formula is C7H12O4. The summed E-state index contributed by atoms with van der Waals surface area (Å²) in [4.78, 5) is 0. The van der Waals surface area contributed by atoms with Crippen molar-refractivity contribution in [3.8, 4) is 0 Å². The standard InChI is InChI=1S/C7H12O4/c8-3-5-7-6(4-11-5)9-1-2-10-7/h5-8H,1-4H2. The Morgan fingerprint density at radius 3 is 2.82 bits per heavy atom. The fourth-order valence-corrected chi connectivity index (χ4v) is 1.55. The van der Waals surface area contributed by atoms with Crippen LogP contribution < -0.4 is 0 Å². The van der Waals surface area contributed by atoms with Crippen molar-refractivity contribution in [2.75, 3.05) is 26.4 Å². The predicted octanol–water partition coefficient (Wildman–Crippen LogP) is -0.839. The van der Waals surface area contributed by atoms with E-state index in [0.29, 0.717) is 19.8 Å². The Morgan fingerprint density at radius 1 is 1.18 bits per heavy atom. The number of aliphatic hydroxyl groups excluding tert-OH is 1. The highest BCUT2D eigenvalue weighted by atomic mass is 16.6. The molecular weight excluding hydrogens is 148 g/mol. The SMILES string of the molecule is OCC1OCC2OCCOC12. The van der Waals surface area contributed by atoms with Crippen molar-refractivity contribution in [2.24, 2.45) is 0 Å². The molecule has 0 aliphatic carbocycles. The quantitative estimate of drug-likeness (QED) is 0.543. The topological polar surface area (TPSA) is 47.9 Å². The van der Waals surface area contributed by atoms with E-state index in [9.17, 15) is 0 Å². The van der Waals surface area contributed by atoms with Gasteiger partial charge in [0.25, 0.3) is 0 Å². The lowest BCUT2D eigenvalue weighted by atomic mass is 10.1. The van der Waals surface area contributed by atoms with E-state index in [1.54, 1.807) is 0 Å². The Labute approximate surface area is 65.1 Å². The molecule has 0 bridgehead atoms. The second kappa shape index (κ2) is 3.06. The highest BCUT2D eigenvalue weighted by Gasteiger charge is 2.40. The highest BCUT2D eigenvalue weighted by Crippen LogP contribution is 2.22. The van der Waals surface area contributed by atoms with Crippen LogP contribution in [0.15, 0.2) is 0 Å². The molecule has 4 heteroatoms. The van der Waals surface area contributed by atoms with Crippen LogP contribution in [0.25, 0.3) is 0 Å². The summed E-state index contributed by atoms with van der Waals surface area (Å²) in [5.74, 6) is 0. The van der Waals surface area contributed by atoms with Gasteiger partial charge in [-0.1, -0.05) is 0 Å². The molecule has 0 aromatic rings. The van der Waals surface area contributed by atoms with Crippen molar-refractivity contribution >= 4 is 0 Å². The van der Waals surface area contributed by atoms with Crippen LogP contribution in [0.5, 0.6) is 0 Å². The molecule has 3 atom stereocenters. The van der Waals surface area contributed by atoms with Gasteiger partial charge in [0.2, 0.25) is 0 Å². The Hall–Kier alpha value is -0.160. The van der Waals surface area contributed by atoms with Crippen LogP contribution in [0.2, 0.25) is 0 Å². The summed E-state index contributed by atoms with van der Waals surface area (Å²) in [6.45, 7) is 1.82. The predicted molar refractivity (Wildman–Crippen MR) is 36.3 cm³/mol. The zero-order valence-corrected chi connectivity index (χ0v) is 6.23. The number of hydrogen-bond donors (Lipinski definition) is 1. The number of hydrogen-bond acceptors (Lipinski definition) is 4. The number of rotatable bonds is 1. The van der Waals surface area contributed by atoms with Crippen molar-refractivity contribution in [1.29, 1.82) is 0 Å². The zero-order valence-electron chi connectivity index (χ0n) is 6.23. The summed E-state index contributed by atoms with van der Waals surface area (Å²) in [7, 11) is 0. The largest absolute Gasteiger partial charge is 0.394 e. The summed E-state index contributed by atoms with van der Waals surface area (Å²) in [5, 5.41) is 8.84. The smallest absolute Gasteiger partial charge is 0.114 e. The van der Waals surface area contributed by atoms with E-state index in [0.717, 1.165) is 0 Å². The van der Waals surface area contributed by atoms with Gasteiger partial charge in [-0.25, -0.2) is 0 Å². The van der Waals surface area contributed by atoms with Gasteiger partial charge in [0.15, 0.2) is 0 Å². The van der Waals surface area contributed by atoms with Crippen LogP contribution in [-0.4, -0.2) is 49.8 Å². The molecule has 0 amide bonds. The molecule has 0 aromatic carbocycles. The lowest BCUT2D eigenvalue weighted by Gasteiger charge is -2.26. The van der Waals surface area contributed by atoms with Gasteiger partial charge in [0, 0.05) is 0 Å². The van der Waals surface area contributed by atoms with E-state index in [4.69, 9.17) is 19.3 Å². The first-order valence-corrected chi connectivity index (χ1v) is 3.87. The van der Waals surface area contributed by atoms with E-state index in [2.05, 4.69) is 0 Å². The Balaban J connectivity index is 1.98. The molecule has 2 heterocycles. The van der Waals surface area contributed by atoms with Gasteiger partial charge in [-0.15, -0.1) is 0 Å². The van der Waals surface area contributed by atoms with E-state index in [1.165, 1.54) is 0 Å². The normalized spacial score (nSPS) is 43.9. The third-order valence-corrected chi connectivity index (χ3v) is 2.11. The Bertz CT molecular complexity index is 132. The molecule has 2 fully saturated rings. The summed E-state index contributed by atoms with van der Waals surface area (Å²) in [6.07, 6.45) is -0.185. The second-order valence-electron chi connectivity index (χ2n) is 2.80. The van der Waals surface area contributed by atoms with Crippen LogP contribution in [-0.2, 0) is 14.2 Å². The molecule has 2 aliphatic heterocycles. The van der Waals surface area contributed by atoms with Crippen LogP contribution in [0.1, 0.15) is 0 Å². The molecule has 0 aromatic heterocycles. The Morgan fingerprint density at radius 2 is 2.00 bits per heavy atom. The first-order chi connectivity index (χ1) is 5.42. The van der Waals surface area contributed by atoms with Gasteiger partial charge in [-0.2, -0.15) is 0 Å². The van der Waals surface area contributed by atoms with Crippen molar-refractivity contribution in [2.45, 2.75) is 18.3 Å². The third kappa shape index (κ3) is 1.27. The van der Waals surface area contributed by atoms with Crippen molar-refractivity contribution in [3.63, 3.8) is 0 Å². The summed E-state index contributed by atoms with van der Waals surface area (Å²) in [5.41, 5.74) is 0. The second-order valence-corrected chi connectivity index (χ2v) is 2.80. The fourth-order valence-electron chi connectivity index (χ4n) is 1.55. The number of ether oxygens (including phenoxy) is 3. The van der Waals surface area contributed by atoms with E-state index < -0.39 is 0 Å². The maximum absolute atomic E-state index is 8.84. The summed E-state index contributed by atoms with van der Waals surface area (Å²) < 4.78 is 16.0. The monoisotopic (exact) mass is 160 g/mol. The van der Waals surface area contributed by atoms with Gasteiger partial charge in [0.05, 0.1) is 26.4 Å². The highest BCUT2D eigenvalue weighted by molar-refractivity contribution is 4.87. The summed E-state index contributed by atoms with van der Waals surface area (Å²) >= 11 is 0. The van der Waals surface area contributed by atoms with Crippen molar-refractivity contribution in [1.82, 2.24) is 0 Å². The van der Waals surface area contributed by atoms with Gasteiger partial charge >= 0.3 is 0 Å². The molecule has 2 aliphatic rings. The molecule has 0 radical (unpaired) electrons. The van der Waals surface area contributed by atoms with Crippen LogP contribution in [0.4, 0.5) is 0 Å². The van der Waals surface area contributed by atoms with E-state index in [-0.39, 0.29) is 24.9 Å². The number of fused-ring (bicyclic) bond motifs is 1. The molecule has 2 rings (SSSR count). The van der Waals surface area contributed by atoms with Crippen molar-refractivity contribution < 1.29 is 19.3 Å². The zero-order chi connectivity index (χ0) is 7.68. The minimum Gasteiger partial charge on any atom is -0.394 e. The maximum atomic E-state index is 8.84. The maximum Gasteiger partial charge on any atom is 0.114 e. The average Bonchev–Trinajstić information content (AvgIpc) is 2.47. The molecule has 11 heavy (non-hydrogen) atoms. The van der Waals surface area contributed by atoms with Gasteiger partial charge in [-0.05, 0) is 0 Å². The summed E-state index contributed by atoms with van der Waals surface area (Å²) in [6, 6.07) is 0. The lowest BCUT2D eigenvalue weighted by molar-refractivity contribution is -0.131. The Kier molecular flexibility index (Phi) is 2.09. The molecule has 3 unspecified atom stereocenters. The fraction of sp³-hybridized carbons (Fsp3) is 1.00. The molecule has 0 saturated carbocycles. The van der Waals surface area contributed by atoms with Gasteiger partial charge in [-0.3, -0.25) is 0 Å².